The first kappa shape index (κ1) is 16.0. The van der Waals surface area contributed by atoms with E-state index in [9.17, 15) is 5.11 Å². The number of hydrogen-bond donors (Lipinski definition) is 1. The van der Waals surface area contributed by atoms with Crippen LogP contribution in [0.5, 0.6) is 0 Å². The third kappa shape index (κ3) is 3.63. The molecule has 0 saturated heterocycles. The zero-order valence-corrected chi connectivity index (χ0v) is 13.5. The van der Waals surface area contributed by atoms with Gasteiger partial charge in [-0.05, 0) is 36.0 Å². The van der Waals surface area contributed by atoms with Gasteiger partial charge in [0.05, 0.1) is 12.1 Å². The third-order valence-electron chi connectivity index (χ3n) is 4.29. The van der Waals surface area contributed by atoms with Crippen molar-refractivity contribution < 1.29 is 5.11 Å². The maximum absolute atomic E-state index is 11.1. The number of aliphatic hydroxyl groups is 1. The van der Waals surface area contributed by atoms with Gasteiger partial charge >= 0.3 is 0 Å². The molecule has 1 aromatic carbocycles. The lowest BCUT2D eigenvalue weighted by molar-refractivity contribution is -0.0851. The Morgan fingerprint density at radius 1 is 1.24 bits per heavy atom. The highest BCUT2D eigenvalue weighted by Gasteiger charge is 2.42. The fourth-order valence-corrected chi connectivity index (χ4v) is 2.79. The van der Waals surface area contributed by atoms with Crippen molar-refractivity contribution in [3.05, 3.63) is 47.5 Å². The first-order chi connectivity index (χ1) is 9.86. The lowest BCUT2D eigenvalue weighted by atomic mass is 9.69. The highest BCUT2D eigenvalue weighted by atomic mass is 35.5. The van der Waals surface area contributed by atoms with E-state index in [-0.39, 0.29) is 5.41 Å². The molecule has 2 aromatic rings. The van der Waals surface area contributed by atoms with Crippen LogP contribution in [0.1, 0.15) is 32.8 Å². The van der Waals surface area contributed by atoms with Crippen molar-refractivity contribution in [2.24, 2.45) is 5.41 Å². The van der Waals surface area contributed by atoms with E-state index >= 15 is 0 Å². The summed E-state index contributed by atoms with van der Waals surface area (Å²) in [5.74, 6) is 0. The maximum Gasteiger partial charge on any atom is 0.137 e. The Morgan fingerprint density at radius 3 is 2.43 bits per heavy atom. The molecule has 4 nitrogen and oxygen atoms in total. The van der Waals surface area contributed by atoms with Crippen LogP contribution in [-0.4, -0.2) is 25.5 Å². The van der Waals surface area contributed by atoms with E-state index in [0.717, 1.165) is 17.0 Å². The lowest BCUT2D eigenvalue weighted by Crippen LogP contribution is -2.49. The van der Waals surface area contributed by atoms with Gasteiger partial charge < -0.3 is 5.11 Å². The molecule has 0 bridgehead atoms. The van der Waals surface area contributed by atoms with Crippen molar-refractivity contribution in [2.45, 2.75) is 45.8 Å². The van der Waals surface area contributed by atoms with E-state index in [4.69, 9.17) is 11.6 Å². The van der Waals surface area contributed by atoms with Gasteiger partial charge in [0.2, 0.25) is 0 Å². The fraction of sp³-hybridized carbons (Fsp3) is 0.500. The van der Waals surface area contributed by atoms with Crippen LogP contribution < -0.4 is 0 Å². The monoisotopic (exact) mass is 307 g/mol. The van der Waals surface area contributed by atoms with Gasteiger partial charge in [-0.1, -0.05) is 44.5 Å². The number of rotatable bonds is 6. The van der Waals surface area contributed by atoms with Gasteiger partial charge in [0.15, 0.2) is 0 Å². The average molecular weight is 308 g/mol. The van der Waals surface area contributed by atoms with Crippen LogP contribution in [0.2, 0.25) is 5.02 Å². The second-order valence-electron chi connectivity index (χ2n) is 6.17. The number of hydrogen-bond acceptors (Lipinski definition) is 3. The molecule has 1 N–H and O–H groups in total. The molecule has 0 aliphatic rings. The van der Waals surface area contributed by atoms with Crippen LogP contribution >= 0.6 is 11.6 Å². The summed E-state index contributed by atoms with van der Waals surface area (Å²) in [6.45, 7) is 6.61. The Bertz CT molecular complexity index is 566. The summed E-state index contributed by atoms with van der Waals surface area (Å²) in [6, 6.07) is 7.79. The second kappa shape index (κ2) is 6.16. The quantitative estimate of drug-likeness (QED) is 0.890. The zero-order chi connectivity index (χ0) is 15.5. The Hall–Kier alpha value is -1.39. The van der Waals surface area contributed by atoms with Gasteiger partial charge in [-0.2, -0.15) is 5.10 Å². The molecule has 1 heterocycles. The van der Waals surface area contributed by atoms with E-state index < -0.39 is 5.60 Å². The van der Waals surface area contributed by atoms with Crippen molar-refractivity contribution in [1.82, 2.24) is 14.8 Å². The SMILES string of the molecule is CC[C@@](O)(Cn1cncn1)C(C)(C)Cc1ccc(Cl)cc1. The first-order valence-corrected chi connectivity index (χ1v) is 7.53. The lowest BCUT2D eigenvalue weighted by Gasteiger charge is -2.42. The molecule has 0 unspecified atom stereocenters. The van der Waals surface area contributed by atoms with E-state index in [0.29, 0.717) is 13.0 Å². The van der Waals surface area contributed by atoms with Crippen LogP contribution in [0.25, 0.3) is 0 Å². The van der Waals surface area contributed by atoms with Crippen molar-refractivity contribution in [2.75, 3.05) is 0 Å². The highest BCUT2D eigenvalue weighted by molar-refractivity contribution is 6.30. The summed E-state index contributed by atoms with van der Waals surface area (Å²) in [5, 5.41) is 16.0. The number of aromatic nitrogens is 3. The number of halogens is 1. The molecule has 0 amide bonds. The molecule has 0 aliphatic heterocycles. The Labute approximate surface area is 130 Å². The molecule has 5 heteroatoms. The summed E-state index contributed by atoms with van der Waals surface area (Å²) < 4.78 is 1.69. The molecule has 114 valence electrons. The van der Waals surface area contributed by atoms with Crippen molar-refractivity contribution in [3.8, 4) is 0 Å². The minimum Gasteiger partial charge on any atom is -0.387 e. The molecular weight excluding hydrogens is 286 g/mol. The van der Waals surface area contributed by atoms with Crippen molar-refractivity contribution in [1.29, 1.82) is 0 Å². The highest BCUT2D eigenvalue weighted by Crippen LogP contribution is 2.38. The van der Waals surface area contributed by atoms with Gasteiger partial charge in [-0.25, -0.2) is 4.98 Å². The predicted octanol–water partition coefficient (Wildman–Crippen LogP) is 3.34. The Morgan fingerprint density at radius 2 is 1.90 bits per heavy atom. The second-order valence-corrected chi connectivity index (χ2v) is 6.60. The smallest absolute Gasteiger partial charge is 0.137 e. The molecule has 2 rings (SSSR count). The van der Waals surface area contributed by atoms with E-state index in [1.807, 2.05) is 31.2 Å². The molecule has 21 heavy (non-hydrogen) atoms. The minimum absolute atomic E-state index is 0.304. The zero-order valence-electron chi connectivity index (χ0n) is 12.8. The fourth-order valence-electron chi connectivity index (χ4n) is 2.66. The molecule has 0 saturated carbocycles. The summed E-state index contributed by atoms with van der Waals surface area (Å²) in [4.78, 5) is 3.94. The molecule has 0 fully saturated rings. The van der Waals surface area contributed by atoms with Gasteiger partial charge in [0, 0.05) is 5.02 Å². The largest absolute Gasteiger partial charge is 0.387 e. The van der Waals surface area contributed by atoms with E-state index in [1.54, 1.807) is 11.0 Å². The number of benzene rings is 1. The van der Waals surface area contributed by atoms with Crippen molar-refractivity contribution in [3.63, 3.8) is 0 Å². The number of nitrogens with zero attached hydrogens (tertiary/aromatic N) is 3. The van der Waals surface area contributed by atoms with Crippen LogP contribution in [0.4, 0.5) is 0 Å². The van der Waals surface area contributed by atoms with E-state index in [2.05, 4.69) is 23.9 Å². The first-order valence-electron chi connectivity index (χ1n) is 7.15. The Kier molecular flexibility index (Phi) is 4.69. The summed E-state index contributed by atoms with van der Waals surface area (Å²) in [6.07, 6.45) is 4.54. The van der Waals surface area contributed by atoms with Crippen LogP contribution in [0.3, 0.4) is 0 Å². The normalized spacial score (nSPS) is 14.9. The third-order valence-corrected chi connectivity index (χ3v) is 4.55. The van der Waals surface area contributed by atoms with Crippen LogP contribution in [-0.2, 0) is 13.0 Å². The molecular formula is C16H22ClN3O. The Balaban J connectivity index is 2.19. The minimum atomic E-state index is -0.861. The van der Waals surface area contributed by atoms with Crippen LogP contribution in [0.15, 0.2) is 36.9 Å². The summed E-state index contributed by atoms with van der Waals surface area (Å²) in [7, 11) is 0. The van der Waals surface area contributed by atoms with Gasteiger partial charge in [0.25, 0.3) is 0 Å². The molecule has 0 aliphatic carbocycles. The standard InChI is InChI=1S/C16H22ClN3O/c1-4-16(21,10-20-12-18-11-19-20)15(2,3)9-13-5-7-14(17)8-6-13/h5-8,11-12,21H,4,9-10H2,1-3H3/t16-/m1/s1. The van der Waals surface area contributed by atoms with Gasteiger partial charge in [0.1, 0.15) is 12.7 Å². The average Bonchev–Trinajstić information content (AvgIpc) is 2.93. The molecule has 0 radical (unpaired) electrons. The predicted molar refractivity (Wildman–Crippen MR) is 84.2 cm³/mol. The molecule has 1 aromatic heterocycles. The van der Waals surface area contributed by atoms with E-state index in [1.165, 1.54) is 6.33 Å². The van der Waals surface area contributed by atoms with Crippen molar-refractivity contribution >= 4 is 11.6 Å². The topological polar surface area (TPSA) is 50.9 Å². The van der Waals surface area contributed by atoms with Gasteiger partial charge in [-0.15, -0.1) is 0 Å². The molecule has 1 atom stereocenters. The summed E-state index contributed by atoms with van der Waals surface area (Å²) >= 11 is 5.93. The molecule has 0 spiro atoms. The summed E-state index contributed by atoms with van der Waals surface area (Å²) in [5.41, 5.74) is -0.00290. The van der Waals surface area contributed by atoms with Crippen LogP contribution in [0, 0.1) is 5.41 Å². The maximum atomic E-state index is 11.1. The van der Waals surface area contributed by atoms with Gasteiger partial charge in [-0.3, -0.25) is 4.68 Å².